The monoisotopic (exact) mass is 273 g/mol. The number of rotatable bonds is 3. The van der Waals surface area contributed by atoms with Gasteiger partial charge >= 0.3 is 0 Å². The van der Waals surface area contributed by atoms with Gasteiger partial charge in [0.2, 0.25) is 0 Å². The van der Waals surface area contributed by atoms with Crippen molar-refractivity contribution in [1.29, 1.82) is 0 Å². The lowest BCUT2D eigenvalue weighted by atomic mass is 10.0. The zero-order chi connectivity index (χ0) is 14.1. The number of methoxy groups -OCH3 is 2. The van der Waals surface area contributed by atoms with E-state index in [1.807, 2.05) is 18.2 Å². The maximum absolute atomic E-state index is 5.80. The minimum Gasteiger partial charge on any atom is -0.497 e. The normalized spacial score (nSPS) is 16.9. The van der Waals surface area contributed by atoms with Gasteiger partial charge in [0.1, 0.15) is 17.5 Å². The summed E-state index contributed by atoms with van der Waals surface area (Å²) in [6.45, 7) is 0. The standard InChI is InChI=1S/C13H15N5O2/c1-19-7-3-4-8(9(5-7)20-2)10-11-12(16-6-15-11)18-13(14)17-10/h3-6,10H,1-2H3,(H,15,16)(H3,14,17,18). The number of guanidine groups is 1. The van der Waals surface area contributed by atoms with Gasteiger partial charge in [0.25, 0.3) is 0 Å². The molecule has 2 aromatic rings. The Hall–Kier alpha value is -2.70. The predicted molar refractivity (Wildman–Crippen MR) is 75.2 cm³/mol. The minimum absolute atomic E-state index is 0.283. The molecule has 1 aromatic heterocycles. The van der Waals surface area contributed by atoms with Crippen LogP contribution >= 0.6 is 0 Å². The summed E-state index contributed by atoms with van der Waals surface area (Å²) in [5.74, 6) is 2.42. The molecule has 20 heavy (non-hydrogen) atoms. The summed E-state index contributed by atoms with van der Waals surface area (Å²) in [7, 11) is 3.22. The van der Waals surface area contributed by atoms with Gasteiger partial charge in [0, 0.05) is 11.6 Å². The number of anilines is 1. The molecule has 1 aliphatic heterocycles. The van der Waals surface area contributed by atoms with Crippen LogP contribution in [0.25, 0.3) is 0 Å². The van der Waals surface area contributed by atoms with Crippen LogP contribution in [-0.2, 0) is 0 Å². The van der Waals surface area contributed by atoms with Crippen molar-refractivity contribution >= 4 is 11.8 Å². The van der Waals surface area contributed by atoms with Crippen molar-refractivity contribution in [2.24, 2.45) is 10.7 Å². The largest absolute Gasteiger partial charge is 0.497 e. The number of imidazole rings is 1. The highest BCUT2D eigenvalue weighted by molar-refractivity contribution is 5.94. The Labute approximate surface area is 115 Å². The Kier molecular flexibility index (Phi) is 2.94. The second kappa shape index (κ2) is 4.76. The molecule has 0 saturated heterocycles. The lowest BCUT2D eigenvalue weighted by Gasteiger charge is -2.21. The van der Waals surface area contributed by atoms with Gasteiger partial charge in [-0.15, -0.1) is 0 Å². The fourth-order valence-corrected chi connectivity index (χ4v) is 2.24. The molecule has 0 fully saturated rings. The van der Waals surface area contributed by atoms with Crippen molar-refractivity contribution in [2.45, 2.75) is 6.04 Å². The Morgan fingerprint density at radius 1 is 1.25 bits per heavy atom. The SMILES string of the molecule is COc1ccc(C2N=C(N)Nc3nc[nH]c32)c(OC)c1. The third-order valence-corrected chi connectivity index (χ3v) is 3.19. The molecule has 0 spiro atoms. The van der Waals surface area contributed by atoms with Crippen LogP contribution in [-0.4, -0.2) is 30.1 Å². The van der Waals surface area contributed by atoms with Crippen LogP contribution in [0.1, 0.15) is 17.3 Å². The number of fused-ring (bicyclic) bond motifs is 1. The zero-order valence-electron chi connectivity index (χ0n) is 11.2. The molecule has 3 rings (SSSR count). The zero-order valence-corrected chi connectivity index (χ0v) is 11.2. The number of ether oxygens (including phenoxy) is 2. The second-order valence-electron chi connectivity index (χ2n) is 4.31. The van der Waals surface area contributed by atoms with Gasteiger partial charge in [-0.05, 0) is 12.1 Å². The molecule has 2 heterocycles. The van der Waals surface area contributed by atoms with E-state index in [0.717, 1.165) is 17.0 Å². The van der Waals surface area contributed by atoms with Crippen LogP contribution in [0.4, 0.5) is 5.82 Å². The molecule has 0 bridgehead atoms. The first-order chi connectivity index (χ1) is 9.72. The summed E-state index contributed by atoms with van der Waals surface area (Å²) in [6.07, 6.45) is 1.61. The first-order valence-corrected chi connectivity index (χ1v) is 6.08. The number of benzene rings is 1. The van der Waals surface area contributed by atoms with Gasteiger partial charge in [-0.2, -0.15) is 0 Å². The molecule has 7 nitrogen and oxygen atoms in total. The molecule has 0 aliphatic carbocycles. The number of nitrogens with zero attached hydrogens (tertiary/aromatic N) is 2. The molecular weight excluding hydrogens is 258 g/mol. The van der Waals surface area contributed by atoms with E-state index >= 15 is 0 Å². The first-order valence-electron chi connectivity index (χ1n) is 6.08. The number of aliphatic imine (C=N–C) groups is 1. The highest BCUT2D eigenvalue weighted by Crippen LogP contribution is 2.38. The second-order valence-corrected chi connectivity index (χ2v) is 4.31. The summed E-state index contributed by atoms with van der Waals surface area (Å²) in [5, 5.41) is 2.92. The fourth-order valence-electron chi connectivity index (χ4n) is 2.24. The Morgan fingerprint density at radius 2 is 2.10 bits per heavy atom. The van der Waals surface area contributed by atoms with E-state index in [9.17, 15) is 0 Å². The molecule has 1 atom stereocenters. The predicted octanol–water partition coefficient (Wildman–Crippen LogP) is 1.26. The van der Waals surface area contributed by atoms with Gasteiger partial charge in [0.15, 0.2) is 11.8 Å². The number of hydrogen-bond donors (Lipinski definition) is 3. The van der Waals surface area contributed by atoms with Crippen LogP contribution in [0.5, 0.6) is 11.5 Å². The van der Waals surface area contributed by atoms with Crippen molar-refractivity contribution in [2.75, 3.05) is 19.5 Å². The van der Waals surface area contributed by atoms with E-state index in [2.05, 4.69) is 20.3 Å². The number of H-pyrrole nitrogens is 1. The Morgan fingerprint density at radius 3 is 2.85 bits per heavy atom. The summed E-state index contributed by atoms with van der Waals surface area (Å²) in [4.78, 5) is 11.7. The van der Waals surface area contributed by atoms with Crippen molar-refractivity contribution in [3.8, 4) is 11.5 Å². The molecule has 104 valence electrons. The van der Waals surface area contributed by atoms with Crippen molar-refractivity contribution in [3.05, 3.63) is 35.8 Å². The summed E-state index contributed by atoms with van der Waals surface area (Å²) < 4.78 is 10.6. The van der Waals surface area contributed by atoms with Crippen molar-refractivity contribution in [3.63, 3.8) is 0 Å². The average Bonchev–Trinajstić information content (AvgIpc) is 2.93. The number of nitrogens with one attached hydrogen (secondary N) is 2. The molecule has 7 heteroatoms. The van der Waals surface area contributed by atoms with Gasteiger partial charge in [-0.25, -0.2) is 9.98 Å². The fraction of sp³-hybridized carbons (Fsp3) is 0.231. The highest BCUT2D eigenvalue weighted by Gasteiger charge is 2.26. The number of hydrogen-bond acceptors (Lipinski definition) is 6. The minimum atomic E-state index is -0.283. The third kappa shape index (κ3) is 1.93. The topological polar surface area (TPSA) is 97.5 Å². The lowest BCUT2D eigenvalue weighted by Crippen LogP contribution is -2.28. The van der Waals surface area contributed by atoms with Crippen molar-refractivity contribution in [1.82, 2.24) is 9.97 Å². The van der Waals surface area contributed by atoms with Crippen LogP contribution in [0.15, 0.2) is 29.5 Å². The molecule has 1 unspecified atom stereocenters. The molecule has 4 N–H and O–H groups in total. The molecule has 0 radical (unpaired) electrons. The first kappa shape index (κ1) is 12.3. The Balaban J connectivity index is 2.10. The average molecular weight is 273 g/mol. The Bertz CT molecular complexity index is 665. The molecule has 1 aliphatic rings. The maximum atomic E-state index is 5.80. The van der Waals surface area contributed by atoms with Crippen LogP contribution in [0, 0.1) is 0 Å². The molecule has 0 amide bonds. The molecule has 0 saturated carbocycles. The quantitative estimate of drug-likeness (QED) is 0.782. The van der Waals surface area contributed by atoms with Crippen LogP contribution in [0.3, 0.4) is 0 Å². The van der Waals surface area contributed by atoms with Crippen LogP contribution < -0.4 is 20.5 Å². The van der Waals surface area contributed by atoms with Gasteiger partial charge < -0.3 is 25.5 Å². The van der Waals surface area contributed by atoms with Crippen molar-refractivity contribution < 1.29 is 9.47 Å². The van der Waals surface area contributed by atoms with E-state index < -0.39 is 0 Å². The van der Waals surface area contributed by atoms with E-state index in [-0.39, 0.29) is 6.04 Å². The van der Waals surface area contributed by atoms with E-state index in [1.165, 1.54) is 0 Å². The number of nitrogens with two attached hydrogens (primary N) is 1. The summed E-state index contributed by atoms with van der Waals surface area (Å²) >= 11 is 0. The third-order valence-electron chi connectivity index (χ3n) is 3.19. The lowest BCUT2D eigenvalue weighted by molar-refractivity contribution is 0.389. The molecular formula is C13H15N5O2. The number of aromatic amines is 1. The van der Waals surface area contributed by atoms with Gasteiger partial charge in [0.05, 0.1) is 26.2 Å². The van der Waals surface area contributed by atoms with E-state index in [1.54, 1.807) is 20.5 Å². The van der Waals surface area contributed by atoms with E-state index in [0.29, 0.717) is 17.5 Å². The number of aromatic nitrogens is 2. The summed E-state index contributed by atoms with van der Waals surface area (Å²) in [6, 6.07) is 5.31. The van der Waals surface area contributed by atoms with E-state index in [4.69, 9.17) is 15.2 Å². The van der Waals surface area contributed by atoms with Crippen LogP contribution in [0.2, 0.25) is 0 Å². The smallest absolute Gasteiger partial charge is 0.195 e. The van der Waals surface area contributed by atoms with Gasteiger partial charge in [-0.3, -0.25) is 0 Å². The van der Waals surface area contributed by atoms with Gasteiger partial charge in [-0.1, -0.05) is 0 Å². The maximum Gasteiger partial charge on any atom is 0.195 e. The summed E-state index contributed by atoms with van der Waals surface area (Å²) in [5.41, 5.74) is 7.55. The molecule has 1 aromatic carbocycles. The highest BCUT2D eigenvalue weighted by atomic mass is 16.5.